The summed E-state index contributed by atoms with van der Waals surface area (Å²) in [6.07, 6.45) is 1.05. The molecular weight excluding hydrogens is 210 g/mol. The van der Waals surface area contributed by atoms with Gasteiger partial charge in [0.1, 0.15) is 5.75 Å². The second kappa shape index (κ2) is 4.42. The Morgan fingerprint density at radius 1 is 1.47 bits per heavy atom. The summed E-state index contributed by atoms with van der Waals surface area (Å²) >= 11 is 6.05. The molecule has 1 aromatic carbocycles. The second-order valence-corrected chi connectivity index (χ2v) is 4.58. The first-order valence-electron chi connectivity index (χ1n) is 5.24. The summed E-state index contributed by atoms with van der Waals surface area (Å²) < 4.78 is 5.42. The second-order valence-electron chi connectivity index (χ2n) is 4.14. The van der Waals surface area contributed by atoms with Crippen LogP contribution in [0.25, 0.3) is 0 Å². The molecule has 0 unspecified atom stereocenters. The highest BCUT2D eigenvalue weighted by molar-refractivity contribution is 6.30. The maximum Gasteiger partial charge on any atom is 0.125 e. The Kier molecular flexibility index (Phi) is 3.17. The van der Waals surface area contributed by atoms with E-state index in [1.807, 2.05) is 19.1 Å². The fourth-order valence-electron chi connectivity index (χ4n) is 2.05. The summed E-state index contributed by atoms with van der Waals surface area (Å²) in [6, 6.07) is 3.97. The Hall–Kier alpha value is -0.730. The average Bonchev–Trinajstić information content (AvgIpc) is 2.10. The largest absolute Gasteiger partial charge is 0.496 e. The minimum atomic E-state index is 0.733. The lowest BCUT2D eigenvalue weighted by Gasteiger charge is -2.28. The van der Waals surface area contributed by atoms with Crippen LogP contribution in [0.1, 0.15) is 11.1 Å². The number of ether oxygens (including phenoxy) is 1. The van der Waals surface area contributed by atoms with Crippen LogP contribution in [0, 0.1) is 12.8 Å². The van der Waals surface area contributed by atoms with Crippen molar-refractivity contribution in [1.82, 2.24) is 5.32 Å². The van der Waals surface area contributed by atoms with Crippen molar-refractivity contribution in [3.8, 4) is 5.75 Å². The molecule has 15 heavy (non-hydrogen) atoms. The fraction of sp³-hybridized carbons (Fsp3) is 0.500. The lowest BCUT2D eigenvalue weighted by atomic mass is 9.93. The topological polar surface area (TPSA) is 21.3 Å². The maximum atomic E-state index is 6.05. The van der Waals surface area contributed by atoms with Gasteiger partial charge in [0.05, 0.1) is 7.11 Å². The molecule has 82 valence electrons. The van der Waals surface area contributed by atoms with Gasteiger partial charge >= 0.3 is 0 Å². The lowest BCUT2D eigenvalue weighted by molar-refractivity contribution is 0.338. The van der Waals surface area contributed by atoms with Crippen LogP contribution in [0.5, 0.6) is 5.75 Å². The minimum Gasteiger partial charge on any atom is -0.496 e. The zero-order valence-corrected chi connectivity index (χ0v) is 9.90. The first kappa shape index (κ1) is 10.8. The summed E-state index contributed by atoms with van der Waals surface area (Å²) in [5.41, 5.74) is 2.35. The van der Waals surface area contributed by atoms with Crippen LogP contribution in [-0.2, 0) is 6.42 Å². The van der Waals surface area contributed by atoms with Gasteiger partial charge in [0.25, 0.3) is 0 Å². The van der Waals surface area contributed by atoms with Crippen LogP contribution in [0.2, 0.25) is 5.02 Å². The molecule has 1 saturated heterocycles. The van der Waals surface area contributed by atoms with E-state index in [2.05, 4.69) is 5.32 Å². The van der Waals surface area contributed by atoms with Crippen molar-refractivity contribution < 1.29 is 4.74 Å². The van der Waals surface area contributed by atoms with Gasteiger partial charge in [-0.3, -0.25) is 0 Å². The zero-order chi connectivity index (χ0) is 10.8. The van der Waals surface area contributed by atoms with Crippen LogP contribution in [0.3, 0.4) is 0 Å². The fourth-order valence-corrected chi connectivity index (χ4v) is 2.34. The summed E-state index contributed by atoms with van der Waals surface area (Å²) in [7, 11) is 1.72. The molecule has 1 heterocycles. The Bertz CT molecular complexity index is 361. The summed E-state index contributed by atoms with van der Waals surface area (Å²) in [6.45, 7) is 4.25. The van der Waals surface area contributed by atoms with E-state index in [9.17, 15) is 0 Å². The monoisotopic (exact) mass is 225 g/mol. The average molecular weight is 226 g/mol. The van der Waals surface area contributed by atoms with E-state index in [4.69, 9.17) is 16.3 Å². The number of nitrogens with one attached hydrogen (secondary N) is 1. The van der Waals surface area contributed by atoms with Crippen molar-refractivity contribution in [2.45, 2.75) is 13.3 Å². The molecule has 0 amide bonds. The van der Waals surface area contributed by atoms with Gasteiger partial charge < -0.3 is 10.1 Å². The highest BCUT2D eigenvalue weighted by Crippen LogP contribution is 2.30. The van der Waals surface area contributed by atoms with Gasteiger partial charge in [-0.25, -0.2) is 0 Å². The molecule has 1 aromatic rings. The number of rotatable bonds is 3. The molecule has 2 nitrogen and oxygen atoms in total. The van der Waals surface area contributed by atoms with Gasteiger partial charge in [0.15, 0.2) is 0 Å². The van der Waals surface area contributed by atoms with Gasteiger partial charge in [0, 0.05) is 5.02 Å². The van der Waals surface area contributed by atoms with E-state index in [-0.39, 0.29) is 0 Å². The van der Waals surface area contributed by atoms with Gasteiger partial charge in [-0.15, -0.1) is 0 Å². The molecule has 1 aliphatic heterocycles. The number of halogens is 1. The first-order valence-corrected chi connectivity index (χ1v) is 5.62. The number of methoxy groups -OCH3 is 1. The number of aryl methyl sites for hydroxylation is 1. The molecule has 0 bridgehead atoms. The van der Waals surface area contributed by atoms with Crippen LogP contribution < -0.4 is 10.1 Å². The van der Waals surface area contributed by atoms with Crippen molar-refractivity contribution in [3.63, 3.8) is 0 Å². The molecular formula is C12H16ClNO. The third-order valence-electron chi connectivity index (χ3n) is 2.90. The van der Waals surface area contributed by atoms with Crippen LogP contribution >= 0.6 is 11.6 Å². The van der Waals surface area contributed by atoms with Crippen molar-refractivity contribution in [1.29, 1.82) is 0 Å². The lowest BCUT2D eigenvalue weighted by Crippen LogP contribution is -2.43. The Morgan fingerprint density at radius 2 is 2.20 bits per heavy atom. The SMILES string of the molecule is COc1c(C)cc(Cl)cc1CC1CNC1. The van der Waals surface area contributed by atoms with Gasteiger partial charge in [-0.2, -0.15) is 0 Å². The quantitative estimate of drug-likeness (QED) is 0.853. The predicted molar refractivity (Wildman–Crippen MR) is 62.8 cm³/mol. The van der Waals surface area contributed by atoms with Crippen molar-refractivity contribution in [2.24, 2.45) is 5.92 Å². The summed E-state index contributed by atoms with van der Waals surface area (Å²) in [5, 5.41) is 4.08. The van der Waals surface area contributed by atoms with Crippen molar-refractivity contribution in [2.75, 3.05) is 20.2 Å². The predicted octanol–water partition coefficient (Wildman–Crippen LogP) is 2.42. The van der Waals surface area contributed by atoms with Crippen LogP contribution in [0.15, 0.2) is 12.1 Å². The molecule has 1 aliphatic rings. The van der Waals surface area contributed by atoms with Crippen LogP contribution in [0.4, 0.5) is 0 Å². The van der Waals surface area contributed by atoms with Gasteiger partial charge in [0.2, 0.25) is 0 Å². The Labute approximate surface area is 95.6 Å². The number of hydrogen-bond acceptors (Lipinski definition) is 2. The third kappa shape index (κ3) is 2.27. The van der Waals surface area contributed by atoms with E-state index in [0.29, 0.717) is 0 Å². The van der Waals surface area contributed by atoms with Gasteiger partial charge in [-0.05, 0) is 55.6 Å². The molecule has 0 atom stereocenters. The summed E-state index contributed by atoms with van der Waals surface area (Å²) in [5.74, 6) is 1.73. The highest BCUT2D eigenvalue weighted by Gasteiger charge is 2.19. The summed E-state index contributed by atoms with van der Waals surface area (Å²) in [4.78, 5) is 0. The first-order chi connectivity index (χ1) is 7.20. The Morgan fingerprint density at radius 3 is 2.73 bits per heavy atom. The molecule has 0 saturated carbocycles. The molecule has 1 N–H and O–H groups in total. The molecule has 2 rings (SSSR count). The zero-order valence-electron chi connectivity index (χ0n) is 9.14. The smallest absolute Gasteiger partial charge is 0.125 e. The van der Waals surface area contributed by atoms with Crippen molar-refractivity contribution in [3.05, 3.63) is 28.3 Å². The molecule has 0 radical (unpaired) electrons. The molecule has 0 spiro atoms. The van der Waals surface area contributed by atoms with E-state index < -0.39 is 0 Å². The van der Waals surface area contributed by atoms with E-state index in [1.165, 1.54) is 5.56 Å². The standard InChI is InChI=1S/C12H16ClNO/c1-8-3-11(13)5-10(12(8)15-2)4-9-6-14-7-9/h3,5,9,14H,4,6-7H2,1-2H3. The molecule has 0 aliphatic carbocycles. The number of hydrogen-bond donors (Lipinski definition) is 1. The van der Waals surface area contributed by atoms with Gasteiger partial charge in [-0.1, -0.05) is 11.6 Å². The molecule has 3 heteroatoms. The van der Waals surface area contributed by atoms with Crippen LogP contribution in [-0.4, -0.2) is 20.2 Å². The molecule has 0 aromatic heterocycles. The number of benzene rings is 1. The van der Waals surface area contributed by atoms with Crippen molar-refractivity contribution >= 4 is 11.6 Å². The third-order valence-corrected chi connectivity index (χ3v) is 3.11. The van der Waals surface area contributed by atoms with E-state index in [0.717, 1.165) is 41.8 Å². The Balaban J connectivity index is 2.25. The normalized spacial score (nSPS) is 16.2. The maximum absolute atomic E-state index is 6.05. The highest BCUT2D eigenvalue weighted by atomic mass is 35.5. The minimum absolute atomic E-state index is 0.733. The molecule has 1 fully saturated rings. The van der Waals surface area contributed by atoms with E-state index >= 15 is 0 Å². The van der Waals surface area contributed by atoms with E-state index in [1.54, 1.807) is 7.11 Å².